The zero-order valence-corrected chi connectivity index (χ0v) is 12.2. The summed E-state index contributed by atoms with van der Waals surface area (Å²) in [6.45, 7) is 0.285. The van der Waals surface area contributed by atoms with Crippen LogP contribution in [0.15, 0.2) is 20.9 Å². The van der Waals surface area contributed by atoms with Gasteiger partial charge in [-0.25, -0.2) is 10.2 Å². The van der Waals surface area contributed by atoms with Gasteiger partial charge in [-0.15, -0.1) is 0 Å². The van der Waals surface area contributed by atoms with E-state index in [1.54, 1.807) is 0 Å². The van der Waals surface area contributed by atoms with Crippen molar-refractivity contribution in [1.82, 2.24) is 15.0 Å². The fourth-order valence-corrected chi connectivity index (χ4v) is 1.54. The maximum absolute atomic E-state index is 11.6. The number of aliphatic hydroxyl groups is 4. The predicted octanol–water partition coefficient (Wildman–Crippen LogP) is -3.98. The predicted molar refractivity (Wildman–Crippen MR) is 77.8 cm³/mol. The molecular weight excluding hydrogens is 312 g/mol. The number of hydrogen-bond donors (Lipinski definition) is 6. The number of nitrogens with zero attached hydrogens (tertiary/aromatic N) is 2. The smallest absolute Gasteiger partial charge is 0.328 e. The van der Waals surface area contributed by atoms with Crippen LogP contribution in [-0.2, 0) is 11.3 Å². The lowest BCUT2D eigenvalue weighted by atomic mass is 10.1. The SMILES string of the molecule is Cc1cn(CC(=O)N/N=C/[C@H](O)[C@@H](O)[C@@H](O)CO)c(=O)[nH]c1=O. The average molecular weight is 330 g/mol. The highest BCUT2D eigenvalue weighted by molar-refractivity contribution is 5.77. The summed E-state index contributed by atoms with van der Waals surface area (Å²) in [5.41, 5.74) is 0.932. The van der Waals surface area contributed by atoms with Gasteiger partial charge in [0.1, 0.15) is 24.9 Å². The van der Waals surface area contributed by atoms with E-state index in [0.29, 0.717) is 0 Å². The summed E-state index contributed by atoms with van der Waals surface area (Å²) < 4.78 is 0.961. The molecule has 0 bridgehead atoms. The number of aliphatic hydroxyl groups excluding tert-OH is 4. The Morgan fingerprint density at radius 1 is 1.43 bits per heavy atom. The molecule has 11 heteroatoms. The number of H-pyrrole nitrogens is 1. The molecular formula is C12H18N4O7. The van der Waals surface area contributed by atoms with Crippen LogP contribution in [0.2, 0.25) is 0 Å². The second kappa shape index (κ2) is 8.33. The van der Waals surface area contributed by atoms with E-state index in [1.807, 2.05) is 10.4 Å². The van der Waals surface area contributed by atoms with Crippen molar-refractivity contribution in [2.75, 3.05) is 6.61 Å². The molecule has 0 saturated heterocycles. The van der Waals surface area contributed by atoms with Gasteiger partial charge >= 0.3 is 5.69 Å². The van der Waals surface area contributed by atoms with Gasteiger partial charge in [0.25, 0.3) is 11.5 Å². The van der Waals surface area contributed by atoms with Crippen LogP contribution in [0.4, 0.5) is 0 Å². The maximum atomic E-state index is 11.6. The van der Waals surface area contributed by atoms with E-state index >= 15 is 0 Å². The molecule has 1 heterocycles. The Bertz CT molecular complexity index is 681. The number of rotatable bonds is 7. The van der Waals surface area contributed by atoms with Crippen LogP contribution >= 0.6 is 0 Å². The number of aromatic amines is 1. The Morgan fingerprint density at radius 3 is 2.70 bits per heavy atom. The van der Waals surface area contributed by atoms with Crippen LogP contribution in [0, 0.1) is 6.92 Å². The van der Waals surface area contributed by atoms with Crippen molar-refractivity contribution in [1.29, 1.82) is 0 Å². The van der Waals surface area contributed by atoms with E-state index in [-0.39, 0.29) is 5.56 Å². The van der Waals surface area contributed by atoms with E-state index < -0.39 is 48.6 Å². The molecule has 23 heavy (non-hydrogen) atoms. The van der Waals surface area contributed by atoms with Gasteiger partial charge in [0.15, 0.2) is 0 Å². The van der Waals surface area contributed by atoms with Crippen molar-refractivity contribution in [2.45, 2.75) is 31.8 Å². The van der Waals surface area contributed by atoms with Crippen LogP contribution in [0.3, 0.4) is 0 Å². The number of carbonyl (C=O) groups is 1. The molecule has 1 aromatic heterocycles. The number of carbonyl (C=O) groups excluding carboxylic acids is 1. The summed E-state index contributed by atoms with van der Waals surface area (Å²) in [4.78, 5) is 36.3. The highest BCUT2D eigenvalue weighted by atomic mass is 16.4. The van der Waals surface area contributed by atoms with Crippen molar-refractivity contribution >= 4 is 12.1 Å². The second-order valence-corrected chi connectivity index (χ2v) is 4.74. The van der Waals surface area contributed by atoms with E-state index in [0.717, 1.165) is 10.8 Å². The second-order valence-electron chi connectivity index (χ2n) is 4.74. The highest BCUT2D eigenvalue weighted by Gasteiger charge is 2.22. The van der Waals surface area contributed by atoms with Crippen LogP contribution in [0.1, 0.15) is 5.56 Å². The van der Waals surface area contributed by atoms with Crippen molar-refractivity contribution in [3.05, 3.63) is 32.6 Å². The third kappa shape index (κ3) is 5.41. The monoisotopic (exact) mass is 330 g/mol. The number of hydrazone groups is 1. The fraction of sp³-hybridized carbons (Fsp3) is 0.500. The lowest BCUT2D eigenvalue weighted by Gasteiger charge is -2.17. The van der Waals surface area contributed by atoms with Gasteiger partial charge in [-0.2, -0.15) is 5.10 Å². The molecule has 3 atom stereocenters. The first kappa shape index (κ1) is 18.7. The minimum Gasteiger partial charge on any atom is -0.394 e. The Morgan fingerprint density at radius 2 is 2.09 bits per heavy atom. The summed E-state index contributed by atoms with van der Waals surface area (Å²) in [7, 11) is 0. The van der Waals surface area contributed by atoms with Crippen molar-refractivity contribution in [3.63, 3.8) is 0 Å². The number of amides is 1. The molecule has 0 fully saturated rings. The summed E-state index contributed by atoms with van der Waals surface area (Å²) in [6, 6.07) is 0. The summed E-state index contributed by atoms with van der Waals surface area (Å²) in [5.74, 6) is -0.723. The van der Waals surface area contributed by atoms with Crippen molar-refractivity contribution in [3.8, 4) is 0 Å². The lowest BCUT2D eigenvalue weighted by molar-refractivity contribution is -0.121. The first-order valence-electron chi connectivity index (χ1n) is 6.53. The molecule has 1 rings (SSSR count). The minimum absolute atomic E-state index is 0.248. The van der Waals surface area contributed by atoms with Gasteiger partial charge in [-0.3, -0.25) is 19.1 Å². The quantitative estimate of drug-likeness (QED) is 0.218. The Labute approximate surface area is 129 Å². The Hall–Kier alpha value is -2.34. The zero-order chi connectivity index (χ0) is 17.6. The molecule has 0 saturated carbocycles. The zero-order valence-electron chi connectivity index (χ0n) is 12.2. The van der Waals surface area contributed by atoms with E-state index in [9.17, 15) is 24.6 Å². The molecule has 0 spiro atoms. The molecule has 1 aromatic rings. The molecule has 0 aliphatic rings. The van der Waals surface area contributed by atoms with Gasteiger partial charge in [-0.05, 0) is 6.92 Å². The van der Waals surface area contributed by atoms with Gasteiger partial charge in [0, 0.05) is 11.8 Å². The molecule has 6 N–H and O–H groups in total. The molecule has 0 unspecified atom stereocenters. The summed E-state index contributed by atoms with van der Waals surface area (Å²) in [6.07, 6.45) is -2.89. The number of hydrogen-bond acceptors (Lipinski definition) is 8. The lowest BCUT2D eigenvalue weighted by Crippen LogP contribution is -2.41. The number of aryl methyl sites for hydroxylation is 1. The van der Waals surface area contributed by atoms with Gasteiger partial charge in [-0.1, -0.05) is 0 Å². The van der Waals surface area contributed by atoms with Gasteiger partial charge in [0.2, 0.25) is 0 Å². The van der Waals surface area contributed by atoms with E-state index in [4.69, 9.17) is 10.2 Å². The highest BCUT2D eigenvalue weighted by Crippen LogP contribution is 1.97. The number of aromatic nitrogens is 2. The first-order chi connectivity index (χ1) is 10.8. The molecule has 0 aliphatic heterocycles. The molecule has 0 radical (unpaired) electrons. The first-order valence-corrected chi connectivity index (χ1v) is 6.53. The Balaban J connectivity index is 2.61. The topological polar surface area (TPSA) is 177 Å². The third-order valence-corrected chi connectivity index (χ3v) is 2.85. The largest absolute Gasteiger partial charge is 0.394 e. The Kier molecular flexibility index (Phi) is 6.78. The van der Waals surface area contributed by atoms with Crippen molar-refractivity contribution in [2.24, 2.45) is 5.10 Å². The standard InChI is InChI=1S/C12H18N4O7/c1-6-3-16(12(23)14-11(6)22)4-9(20)15-13-2-7(18)10(21)8(19)5-17/h2-3,7-8,10,17-19,21H,4-5H2,1H3,(H,15,20)(H,14,22,23)/b13-2+/t7-,8-,10+/m0/s1. The molecule has 11 nitrogen and oxygen atoms in total. The van der Waals surface area contributed by atoms with E-state index in [1.165, 1.54) is 13.1 Å². The van der Waals surface area contributed by atoms with Crippen LogP contribution in [0.5, 0.6) is 0 Å². The minimum atomic E-state index is -1.68. The summed E-state index contributed by atoms with van der Waals surface area (Å²) >= 11 is 0. The maximum Gasteiger partial charge on any atom is 0.328 e. The fourth-order valence-electron chi connectivity index (χ4n) is 1.54. The van der Waals surface area contributed by atoms with E-state index in [2.05, 4.69) is 5.10 Å². The van der Waals surface area contributed by atoms with Crippen LogP contribution in [0.25, 0.3) is 0 Å². The molecule has 0 aromatic carbocycles. The number of nitrogens with one attached hydrogen (secondary N) is 2. The third-order valence-electron chi connectivity index (χ3n) is 2.85. The summed E-state index contributed by atoms with van der Waals surface area (Å²) in [5, 5.41) is 39.8. The van der Waals surface area contributed by atoms with Crippen LogP contribution in [-0.4, -0.2) is 67.0 Å². The molecule has 1 amide bonds. The van der Waals surface area contributed by atoms with Gasteiger partial charge in [0.05, 0.1) is 12.8 Å². The normalized spacial score (nSPS) is 15.3. The van der Waals surface area contributed by atoms with Crippen molar-refractivity contribution < 1.29 is 25.2 Å². The molecule has 128 valence electrons. The van der Waals surface area contributed by atoms with Gasteiger partial charge < -0.3 is 20.4 Å². The van der Waals surface area contributed by atoms with Crippen LogP contribution < -0.4 is 16.7 Å². The average Bonchev–Trinajstić information content (AvgIpc) is 2.50. The molecule has 0 aliphatic carbocycles.